The summed E-state index contributed by atoms with van der Waals surface area (Å²) < 4.78 is 31.1. The van der Waals surface area contributed by atoms with Gasteiger partial charge in [-0.25, -0.2) is 8.42 Å². The van der Waals surface area contributed by atoms with Gasteiger partial charge in [-0.1, -0.05) is 12.1 Å². The molecule has 0 aromatic heterocycles. The quantitative estimate of drug-likeness (QED) is 0.827. The van der Waals surface area contributed by atoms with E-state index in [1.807, 2.05) is 6.07 Å². The largest absolute Gasteiger partial charge is 0.496 e. The first-order valence-corrected chi connectivity index (χ1v) is 8.95. The van der Waals surface area contributed by atoms with Crippen LogP contribution in [0.4, 0.5) is 0 Å². The van der Waals surface area contributed by atoms with Gasteiger partial charge < -0.3 is 9.64 Å². The number of amides is 1. The summed E-state index contributed by atoms with van der Waals surface area (Å²) in [5, 5.41) is -0.191. The lowest BCUT2D eigenvalue weighted by Crippen LogP contribution is -2.51. The Morgan fingerprint density at radius 1 is 1.14 bits per heavy atom. The minimum Gasteiger partial charge on any atom is -0.496 e. The smallest absolute Gasteiger partial charge is 0.257 e. The highest BCUT2D eigenvalue weighted by atomic mass is 32.2. The van der Waals surface area contributed by atoms with E-state index in [9.17, 15) is 13.2 Å². The molecular formula is C15H20N2O4S. The van der Waals surface area contributed by atoms with Crippen LogP contribution in [0.25, 0.3) is 0 Å². The molecule has 1 heterocycles. The Balaban J connectivity index is 1.67. The summed E-state index contributed by atoms with van der Waals surface area (Å²) in [4.78, 5) is 14.3. The summed E-state index contributed by atoms with van der Waals surface area (Å²) in [6.45, 7) is 1.59. The van der Waals surface area contributed by atoms with Gasteiger partial charge in [0.25, 0.3) is 5.91 Å². The molecule has 1 aliphatic carbocycles. The highest BCUT2D eigenvalue weighted by Gasteiger charge is 2.41. The van der Waals surface area contributed by atoms with Crippen LogP contribution in [0.5, 0.6) is 5.75 Å². The molecule has 7 heteroatoms. The zero-order valence-electron chi connectivity index (χ0n) is 12.6. The molecule has 3 rings (SSSR count). The van der Waals surface area contributed by atoms with Crippen molar-refractivity contribution in [3.05, 3.63) is 29.8 Å². The number of ether oxygens (including phenoxy) is 1. The fourth-order valence-electron chi connectivity index (χ4n) is 2.71. The van der Waals surface area contributed by atoms with E-state index in [1.165, 1.54) is 11.4 Å². The molecule has 2 aliphatic rings. The van der Waals surface area contributed by atoms with Gasteiger partial charge in [0.05, 0.1) is 17.9 Å². The Morgan fingerprint density at radius 3 is 2.36 bits per heavy atom. The van der Waals surface area contributed by atoms with Gasteiger partial charge in [0.1, 0.15) is 5.75 Å². The van der Waals surface area contributed by atoms with Crippen LogP contribution in [0.1, 0.15) is 23.2 Å². The SMILES string of the molecule is COc1ccccc1C(=O)N1CCN(S(=O)(=O)C2CC2)CC1. The molecule has 1 saturated heterocycles. The van der Waals surface area contributed by atoms with Gasteiger partial charge in [0.15, 0.2) is 0 Å². The molecule has 0 atom stereocenters. The molecule has 0 unspecified atom stereocenters. The molecule has 0 spiro atoms. The van der Waals surface area contributed by atoms with Crippen LogP contribution in [0.2, 0.25) is 0 Å². The summed E-state index contributed by atoms with van der Waals surface area (Å²) in [5.41, 5.74) is 0.517. The van der Waals surface area contributed by atoms with Gasteiger partial charge in [-0.15, -0.1) is 0 Å². The van der Waals surface area contributed by atoms with E-state index in [4.69, 9.17) is 4.74 Å². The molecule has 2 fully saturated rings. The number of hydrogen-bond acceptors (Lipinski definition) is 4. The number of rotatable bonds is 4. The third-order valence-electron chi connectivity index (χ3n) is 4.17. The first kappa shape index (κ1) is 15.3. The predicted octanol–water partition coefficient (Wildman–Crippen LogP) is 0.945. The summed E-state index contributed by atoms with van der Waals surface area (Å²) in [6.07, 6.45) is 1.53. The van der Waals surface area contributed by atoms with E-state index < -0.39 is 10.0 Å². The summed E-state index contributed by atoms with van der Waals surface area (Å²) in [7, 11) is -1.61. The zero-order valence-corrected chi connectivity index (χ0v) is 13.4. The van der Waals surface area contributed by atoms with Crippen molar-refractivity contribution in [2.45, 2.75) is 18.1 Å². The second kappa shape index (κ2) is 5.89. The lowest BCUT2D eigenvalue weighted by Gasteiger charge is -2.34. The fourth-order valence-corrected chi connectivity index (χ4v) is 4.54. The van der Waals surface area contributed by atoms with E-state index in [0.29, 0.717) is 37.5 Å². The third-order valence-corrected chi connectivity index (χ3v) is 6.57. The minimum absolute atomic E-state index is 0.110. The first-order chi connectivity index (χ1) is 10.5. The lowest BCUT2D eigenvalue weighted by atomic mass is 10.1. The molecule has 1 aromatic rings. The van der Waals surface area contributed by atoms with E-state index >= 15 is 0 Å². The number of nitrogens with zero attached hydrogens (tertiary/aromatic N) is 2. The van der Waals surface area contributed by atoms with Gasteiger partial charge in [0, 0.05) is 26.2 Å². The topological polar surface area (TPSA) is 66.9 Å². The third kappa shape index (κ3) is 2.83. The molecule has 22 heavy (non-hydrogen) atoms. The van der Waals surface area contributed by atoms with Crippen molar-refractivity contribution in [3.8, 4) is 5.75 Å². The maximum atomic E-state index is 12.6. The number of carbonyl (C=O) groups excluding carboxylic acids is 1. The van der Waals surface area contributed by atoms with Crippen LogP contribution in [-0.2, 0) is 10.0 Å². The second-order valence-corrected chi connectivity index (χ2v) is 7.85. The van der Waals surface area contributed by atoms with Gasteiger partial charge in [-0.3, -0.25) is 4.79 Å². The molecule has 1 aliphatic heterocycles. The van der Waals surface area contributed by atoms with Crippen LogP contribution >= 0.6 is 0 Å². The summed E-state index contributed by atoms with van der Waals surface area (Å²) in [5.74, 6) is 0.432. The first-order valence-electron chi connectivity index (χ1n) is 7.45. The van der Waals surface area contributed by atoms with Crippen molar-refractivity contribution in [2.75, 3.05) is 33.3 Å². The van der Waals surface area contributed by atoms with Crippen molar-refractivity contribution in [1.82, 2.24) is 9.21 Å². The van der Waals surface area contributed by atoms with Gasteiger partial charge in [-0.2, -0.15) is 4.31 Å². The summed E-state index contributed by atoms with van der Waals surface area (Å²) in [6, 6.07) is 7.09. The maximum absolute atomic E-state index is 12.6. The molecule has 120 valence electrons. The number of carbonyl (C=O) groups is 1. The van der Waals surface area contributed by atoms with Crippen molar-refractivity contribution >= 4 is 15.9 Å². The van der Waals surface area contributed by atoms with Crippen molar-refractivity contribution in [2.24, 2.45) is 0 Å². The Labute approximate surface area is 130 Å². The van der Waals surface area contributed by atoms with Crippen molar-refractivity contribution < 1.29 is 17.9 Å². The molecular weight excluding hydrogens is 304 g/mol. The number of methoxy groups -OCH3 is 1. The van der Waals surface area contributed by atoms with E-state index in [0.717, 1.165) is 12.8 Å². The molecule has 6 nitrogen and oxygen atoms in total. The Hall–Kier alpha value is -1.60. The van der Waals surface area contributed by atoms with Crippen LogP contribution in [0, 0.1) is 0 Å². The van der Waals surface area contributed by atoms with Gasteiger partial charge in [-0.05, 0) is 25.0 Å². The Morgan fingerprint density at radius 2 is 1.77 bits per heavy atom. The fraction of sp³-hybridized carbons (Fsp3) is 0.533. The van der Waals surface area contributed by atoms with Crippen LogP contribution in [0.15, 0.2) is 24.3 Å². The molecule has 1 amide bonds. The minimum atomic E-state index is -3.14. The van der Waals surface area contributed by atoms with Crippen LogP contribution in [-0.4, -0.2) is 62.1 Å². The molecule has 0 bridgehead atoms. The normalized spacial score (nSPS) is 20.0. The van der Waals surface area contributed by atoms with E-state index in [2.05, 4.69) is 0 Å². The van der Waals surface area contributed by atoms with Gasteiger partial charge in [0.2, 0.25) is 10.0 Å². The van der Waals surface area contributed by atoms with Crippen molar-refractivity contribution in [1.29, 1.82) is 0 Å². The number of hydrogen-bond donors (Lipinski definition) is 0. The lowest BCUT2D eigenvalue weighted by molar-refractivity contribution is 0.0694. The van der Waals surface area contributed by atoms with E-state index in [-0.39, 0.29) is 11.2 Å². The Bertz CT molecular complexity index is 662. The highest BCUT2D eigenvalue weighted by Crippen LogP contribution is 2.31. The average Bonchev–Trinajstić information content (AvgIpc) is 3.39. The Kier molecular flexibility index (Phi) is 4.10. The molecule has 1 aromatic carbocycles. The number of piperazine rings is 1. The van der Waals surface area contributed by atoms with Crippen LogP contribution < -0.4 is 4.74 Å². The van der Waals surface area contributed by atoms with Crippen molar-refractivity contribution in [3.63, 3.8) is 0 Å². The number of benzene rings is 1. The zero-order chi connectivity index (χ0) is 15.7. The van der Waals surface area contributed by atoms with Crippen LogP contribution in [0.3, 0.4) is 0 Å². The molecule has 0 N–H and O–H groups in total. The maximum Gasteiger partial charge on any atom is 0.257 e. The molecule has 0 radical (unpaired) electrons. The average molecular weight is 324 g/mol. The second-order valence-electron chi connectivity index (χ2n) is 5.64. The van der Waals surface area contributed by atoms with E-state index in [1.54, 1.807) is 23.1 Å². The van der Waals surface area contributed by atoms with Gasteiger partial charge >= 0.3 is 0 Å². The molecule has 1 saturated carbocycles. The standard InChI is InChI=1S/C15H20N2O4S/c1-21-14-5-3-2-4-13(14)15(18)16-8-10-17(11-9-16)22(19,20)12-6-7-12/h2-5,12H,6-11H2,1H3. The highest BCUT2D eigenvalue weighted by molar-refractivity contribution is 7.90. The number of sulfonamides is 1. The monoisotopic (exact) mass is 324 g/mol. The predicted molar refractivity (Wildman–Crippen MR) is 82.4 cm³/mol. The number of para-hydroxylation sites is 1. The summed E-state index contributed by atoms with van der Waals surface area (Å²) >= 11 is 0.